The molecule has 4 aromatic rings. The summed E-state index contributed by atoms with van der Waals surface area (Å²) in [5, 5.41) is 16.2. The summed E-state index contributed by atoms with van der Waals surface area (Å²) in [5.74, 6) is 0.696. The number of anilines is 2. The molecule has 7 unspecified atom stereocenters. The number of aromatic nitrogens is 8. The van der Waals surface area contributed by atoms with Crippen LogP contribution in [0, 0.1) is 0 Å². The van der Waals surface area contributed by atoms with E-state index in [-0.39, 0.29) is 11.3 Å². The van der Waals surface area contributed by atoms with Gasteiger partial charge in [-0.05, 0) is 11.8 Å². The SMILES string of the molecule is O=P1(O)OCC2OC([C@H](F)C2O[PH](O)=S)n2cnc3c(ncnc32)NC/C=C/CNc2ncnc3c2ncn3C2OC(CO)[C@@H](O1)[C@H]2F. The van der Waals surface area contributed by atoms with Crippen molar-refractivity contribution in [2.24, 2.45) is 0 Å². The third-order valence-electron chi connectivity index (χ3n) is 7.81. The lowest BCUT2D eigenvalue weighted by atomic mass is 10.1. The Balaban J connectivity index is 1.23. The summed E-state index contributed by atoms with van der Waals surface area (Å²) in [6.07, 6.45) is -4.49. The summed E-state index contributed by atoms with van der Waals surface area (Å²) < 4.78 is 74.5. The second-order valence-corrected chi connectivity index (χ2v) is 13.9. The minimum absolute atomic E-state index is 0.180. The lowest BCUT2D eigenvalue weighted by Gasteiger charge is -2.23. The molecular weight excluding hydrogens is 704 g/mol. The molecule has 48 heavy (non-hydrogen) atoms. The first kappa shape index (κ1) is 33.4. The molecule has 0 aromatic carbocycles. The average Bonchev–Trinajstić information content (AvgIpc) is 3.82. The number of alkyl halides is 2. The fourth-order valence-electron chi connectivity index (χ4n) is 5.66. The van der Waals surface area contributed by atoms with E-state index in [1.54, 1.807) is 0 Å². The van der Waals surface area contributed by atoms with Crippen molar-refractivity contribution in [1.82, 2.24) is 39.0 Å². The van der Waals surface area contributed by atoms with Crippen molar-refractivity contribution < 1.29 is 51.3 Å². The molecule has 0 spiro atoms. The molecule has 5 N–H and O–H groups in total. The van der Waals surface area contributed by atoms with Crippen molar-refractivity contribution >= 4 is 60.7 Å². The Bertz CT molecular complexity index is 1910. The summed E-state index contributed by atoms with van der Waals surface area (Å²) in [6, 6.07) is 0. The number of hydrogen-bond acceptors (Lipinski definition) is 16. The van der Waals surface area contributed by atoms with Crippen LogP contribution in [0.15, 0.2) is 37.5 Å². The van der Waals surface area contributed by atoms with E-state index in [1.165, 1.54) is 34.4 Å². The van der Waals surface area contributed by atoms with Gasteiger partial charge in [-0.1, -0.05) is 12.2 Å². The number of rotatable bonds is 3. The molecule has 0 radical (unpaired) electrons. The van der Waals surface area contributed by atoms with Gasteiger partial charge in [-0.15, -0.1) is 0 Å². The van der Waals surface area contributed by atoms with E-state index in [0.29, 0.717) is 35.8 Å². The smallest absolute Gasteiger partial charge is 0.394 e. The molecule has 0 amide bonds. The number of nitrogens with zero attached hydrogens (tertiary/aromatic N) is 8. The third-order valence-corrected chi connectivity index (χ3v) is 9.56. The molecule has 3 aliphatic rings. The molecular formula is C24H28F2N10O9P2S. The second-order valence-electron chi connectivity index (χ2n) is 10.7. The van der Waals surface area contributed by atoms with Gasteiger partial charge >= 0.3 is 7.82 Å². The molecule has 2 fully saturated rings. The Morgan fingerprint density at radius 3 is 2.10 bits per heavy atom. The summed E-state index contributed by atoms with van der Waals surface area (Å²) in [5.41, 5.74) is 0.958. The Hall–Kier alpha value is -3.14. The van der Waals surface area contributed by atoms with Gasteiger partial charge in [0.05, 0.1) is 25.9 Å². The molecule has 2 saturated heterocycles. The number of phosphoric acid groups is 1. The van der Waals surface area contributed by atoms with Crippen LogP contribution in [-0.2, 0) is 39.4 Å². The second kappa shape index (κ2) is 13.6. The van der Waals surface area contributed by atoms with Crippen LogP contribution < -0.4 is 10.6 Å². The molecule has 12 bridgehead atoms. The highest BCUT2D eigenvalue weighted by molar-refractivity contribution is 8.00. The standard InChI is InChI=1S/C24H28F2N10O9P2S/c25-13-17(44-46(38)48)12-6-41-47(39,40)45-18-11(5-37)42-24(14(18)26)36-10-34-16-20(30-8-32-22(16)36)28-4-2-1-3-27-19-15-21(31-7-29-19)35(9-33-15)23(13)43-12/h1-2,7-14,17-18,23-24,37,46H,3-6H2,(H,38,48)(H,39,40)(H,27,29,31)(H,28,30,32)/b2-1+/t11?,12?,13-,14-,17?,18-,23?,24?/m1/s1. The maximum absolute atomic E-state index is 15.9. The zero-order valence-electron chi connectivity index (χ0n) is 24.4. The van der Waals surface area contributed by atoms with Gasteiger partial charge in [0.2, 0.25) is 0 Å². The lowest BCUT2D eigenvalue weighted by Crippen LogP contribution is -2.35. The molecule has 0 aliphatic carbocycles. The van der Waals surface area contributed by atoms with Crippen molar-refractivity contribution in [3.8, 4) is 0 Å². The average molecular weight is 733 g/mol. The Morgan fingerprint density at radius 1 is 0.958 bits per heavy atom. The molecule has 3 aliphatic heterocycles. The van der Waals surface area contributed by atoms with E-state index in [9.17, 15) is 19.5 Å². The van der Waals surface area contributed by atoms with Gasteiger partial charge < -0.3 is 39.5 Å². The summed E-state index contributed by atoms with van der Waals surface area (Å²) in [4.78, 5) is 45.9. The Labute approximate surface area is 274 Å². The summed E-state index contributed by atoms with van der Waals surface area (Å²) >= 11 is 4.78. The van der Waals surface area contributed by atoms with E-state index in [0.717, 1.165) is 0 Å². The van der Waals surface area contributed by atoms with Crippen LogP contribution in [0.25, 0.3) is 22.3 Å². The predicted octanol–water partition coefficient (Wildman–Crippen LogP) is 0.909. The zero-order valence-corrected chi connectivity index (χ0v) is 27.1. The van der Waals surface area contributed by atoms with E-state index in [1.807, 2.05) is 12.2 Å². The van der Waals surface area contributed by atoms with Gasteiger partial charge in [0.25, 0.3) is 0 Å². The number of halogens is 2. The van der Waals surface area contributed by atoms with E-state index in [4.69, 9.17) is 34.9 Å². The molecule has 24 heteroatoms. The van der Waals surface area contributed by atoms with E-state index in [2.05, 4.69) is 40.5 Å². The van der Waals surface area contributed by atoms with Crippen molar-refractivity contribution in [3.63, 3.8) is 0 Å². The van der Waals surface area contributed by atoms with Crippen molar-refractivity contribution in [1.29, 1.82) is 0 Å². The minimum atomic E-state index is -5.14. The number of phosphoric ester groups is 1. The number of aliphatic hydroxyl groups is 1. The Morgan fingerprint density at radius 2 is 1.54 bits per heavy atom. The number of nitrogens with one attached hydrogen (secondary N) is 2. The lowest BCUT2D eigenvalue weighted by molar-refractivity contribution is -0.0548. The van der Waals surface area contributed by atoms with E-state index >= 15 is 8.78 Å². The van der Waals surface area contributed by atoms with Crippen molar-refractivity contribution in [3.05, 3.63) is 37.5 Å². The highest BCUT2D eigenvalue weighted by atomic mass is 32.4. The minimum Gasteiger partial charge on any atom is -0.394 e. The molecule has 258 valence electrons. The monoisotopic (exact) mass is 732 g/mol. The number of hydrogen-bond donors (Lipinski definition) is 5. The van der Waals surface area contributed by atoms with Crippen LogP contribution in [0.1, 0.15) is 12.5 Å². The first-order valence-electron chi connectivity index (χ1n) is 14.4. The predicted molar refractivity (Wildman–Crippen MR) is 165 cm³/mol. The van der Waals surface area contributed by atoms with Gasteiger partial charge in [0.15, 0.2) is 65.9 Å². The fourth-order valence-corrected chi connectivity index (χ4v) is 7.47. The molecule has 4 aromatic heterocycles. The van der Waals surface area contributed by atoms with Crippen LogP contribution >= 0.6 is 15.0 Å². The molecule has 7 heterocycles. The topological polar surface area (TPSA) is 235 Å². The highest BCUT2D eigenvalue weighted by Crippen LogP contribution is 2.50. The molecule has 7 rings (SSSR count). The van der Waals surface area contributed by atoms with Crippen molar-refractivity contribution in [2.45, 2.75) is 49.2 Å². The van der Waals surface area contributed by atoms with Gasteiger partial charge in [-0.2, -0.15) is 0 Å². The van der Waals surface area contributed by atoms with Gasteiger partial charge in [0.1, 0.15) is 37.1 Å². The van der Waals surface area contributed by atoms with Gasteiger partial charge in [-0.3, -0.25) is 18.2 Å². The van der Waals surface area contributed by atoms with Crippen LogP contribution in [-0.4, -0.2) is 117 Å². The molecule has 10 atom stereocenters. The first-order chi connectivity index (χ1) is 23.1. The quantitative estimate of drug-likeness (QED) is 0.145. The first-order valence-corrected chi connectivity index (χ1v) is 18.4. The highest BCUT2D eigenvalue weighted by Gasteiger charge is 2.52. The molecule has 0 saturated carbocycles. The maximum atomic E-state index is 15.9. The van der Waals surface area contributed by atoms with Crippen LogP contribution in [0.3, 0.4) is 0 Å². The van der Waals surface area contributed by atoms with E-state index < -0.39 is 77.4 Å². The maximum Gasteiger partial charge on any atom is 0.472 e. The van der Waals surface area contributed by atoms with Crippen LogP contribution in [0.2, 0.25) is 0 Å². The Kier molecular flexibility index (Phi) is 9.48. The zero-order chi connectivity index (χ0) is 33.6. The summed E-state index contributed by atoms with van der Waals surface area (Å²) in [7, 11) is -8.04. The van der Waals surface area contributed by atoms with Gasteiger partial charge in [-0.25, -0.2) is 43.2 Å². The van der Waals surface area contributed by atoms with Gasteiger partial charge in [0, 0.05) is 13.1 Å². The number of ether oxygens (including phenoxy) is 2. The normalized spacial score (nSPS) is 34.2. The van der Waals surface area contributed by atoms with Crippen LogP contribution in [0.4, 0.5) is 20.4 Å². The largest absolute Gasteiger partial charge is 0.472 e. The fraction of sp³-hybridized carbons (Fsp3) is 0.500. The van der Waals surface area contributed by atoms with Crippen molar-refractivity contribution in [2.75, 3.05) is 36.9 Å². The summed E-state index contributed by atoms with van der Waals surface area (Å²) in [6.45, 7) is -0.953. The number of fused-ring (bicyclic) bond motifs is 6. The van der Waals surface area contributed by atoms with Crippen LogP contribution in [0.5, 0.6) is 0 Å². The number of imidazole rings is 2. The third kappa shape index (κ3) is 6.34. The molecule has 19 nitrogen and oxygen atoms in total. The number of aliphatic hydroxyl groups excluding tert-OH is 1.